The second kappa shape index (κ2) is 56.3. The molecule has 76 heavy (non-hydrogen) atoms. The van der Waals surface area contributed by atoms with Crippen molar-refractivity contribution in [2.75, 3.05) is 40.9 Å². The fourth-order valence-electron chi connectivity index (χ4n) is 9.46. The van der Waals surface area contributed by atoms with Gasteiger partial charge in [-0.15, -0.1) is 0 Å². The Morgan fingerprint density at radius 2 is 0.803 bits per heavy atom. The predicted octanol–water partition coefficient (Wildman–Crippen LogP) is 20.1. The normalized spacial score (nSPS) is 13.9. The van der Waals surface area contributed by atoms with Gasteiger partial charge in [0.1, 0.15) is 19.3 Å². The summed E-state index contributed by atoms with van der Waals surface area (Å²) in [5, 5.41) is 3.06. The number of carbonyl (C=O) groups is 2. The lowest BCUT2D eigenvalue weighted by atomic mass is 10.0. The Balaban J connectivity index is 5.14. The van der Waals surface area contributed by atoms with E-state index in [0.29, 0.717) is 17.4 Å². The van der Waals surface area contributed by atoms with Crippen LogP contribution in [0.5, 0.6) is 0 Å². The first-order valence-electron chi connectivity index (χ1n) is 32.5. The number of ether oxygens (including phenoxy) is 1. The van der Waals surface area contributed by atoms with Crippen LogP contribution >= 0.6 is 7.82 Å². The van der Waals surface area contributed by atoms with Gasteiger partial charge in [0.25, 0.3) is 0 Å². The SMILES string of the molecule is CCCCC/C=C/C=C/CCCCCCCCC(=O)OC(/C=C\CCCCCCCCCCCC)C(COP(=O)(O)OCC[N+](C)(C)C)NC(=O)CCCCCCCCCCCCCCC/C=C/CCCCCCCC. The smallest absolute Gasteiger partial charge is 0.456 e. The van der Waals surface area contributed by atoms with Gasteiger partial charge in [0.05, 0.1) is 33.8 Å². The van der Waals surface area contributed by atoms with E-state index in [1.54, 1.807) is 0 Å². The van der Waals surface area contributed by atoms with E-state index in [0.717, 1.165) is 77.0 Å². The molecule has 0 aliphatic heterocycles. The maximum Gasteiger partial charge on any atom is 0.472 e. The molecular weight excluding hydrogens is 964 g/mol. The van der Waals surface area contributed by atoms with Crippen LogP contribution in [0.15, 0.2) is 48.6 Å². The van der Waals surface area contributed by atoms with Crippen LogP contribution in [-0.2, 0) is 27.9 Å². The largest absolute Gasteiger partial charge is 0.472 e. The van der Waals surface area contributed by atoms with E-state index in [9.17, 15) is 19.0 Å². The van der Waals surface area contributed by atoms with E-state index >= 15 is 0 Å². The molecule has 2 N–H and O–H groups in total. The monoisotopic (exact) mass is 1090 g/mol. The highest BCUT2D eigenvalue weighted by Crippen LogP contribution is 2.43. The zero-order valence-electron chi connectivity index (χ0n) is 51.0. The van der Waals surface area contributed by atoms with Crippen molar-refractivity contribution < 1.29 is 37.3 Å². The number of hydrogen-bond donors (Lipinski definition) is 2. The van der Waals surface area contributed by atoms with Crippen molar-refractivity contribution in [1.29, 1.82) is 0 Å². The molecule has 3 unspecified atom stereocenters. The Labute approximate surface area is 471 Å². The first-order valence-corrected chi connectivity index (χ1v) is 34.0. The van der Waals surface area contributed by atoms with Crippen LogP contribution in [-0.4, -0.2) is 74.3 Å². The minimum atomic E-state index is -4.45. The predicted molar refractivity (Wildman–Crippen MR) is 328 cm³/mol. The lowest BCUT2D eigenvalue weighted by Gasteiger charge is -2.27. The third kappa shape index (κ3) is 56.7. The third-order valence-corrected chi connectivity index (χ3v) is 15.5. The summed E-state index contributed by atoms with van der Waals surface area (Å²) in [4.78, 5) is 37.7. The quantitative estimate of drug-likeness (QED) is 0.0156. The summed E-state index contributed by atoms with van der Waals surface area (Å²) >= 11 is 0. The van der Waals surface area contributed by atoms with E-state index < -0.39 is 20.0 Å². The Hall–Kier alpha value is -2.03. The van der Waals surface area contributed by atoms with Gasteiger partial charge in [-0.1, -0.05) is 262 Å². The van der Waals surface area contributed by atoms with Gasteiger partial charge in [-0.25, -0.2) is 4.57 Å². The first-order chi connectivity index (χ1) is 36.9. The van der Waals surface area contributed by atoms with Crippen molar-refractivity contribution in [3.05, 3.63) is 48.6 Å². The molecule has 0 saturated carbocycles. The summed E-state index contributed by atoms with van der Waals surface area (Å²) in [6, 6.07) is -0.852. The minimum Gasteiger partial charge on any atom is -0.456 e. The molecule has 0 aliphatic rings. The maximum atomic E-state index is 13.6. The summed E-state index contributed by atoms with van der Waals surface area (Å²) in [6.45, 7) is 7.00. The molecule has 0 aromatic heterocycles. The first kappa shape index (κ1) is 74.0. The fourth-order valence-corrected chi connectivity index (χ4v) is 10.2. The molecule has 0 rings (SSSR count). The molecule has 0 heterocycles. The highest BCUT2D eigenvalue weighted by Gasteiger charge is 2.30. The zero-order valence-corrected chi connectivity index (χ0v) is 51.9. The van der Waals surface area contributed by atoms with Crippen molar-refractivity contribution in [3.8, 4) is 0 Å². The van der Waals surface area contributed by atoms with Crippen LogP contribution < -0.4 is 5.32 Å². The number of nitrogens with zero attached hydrogens (tertiary/aromatic N) is 1. The molecule has 3 atom stereocenters. The number of phosphoric ester groups is 1. The van der Waals surface area contributed by atoms with Gasteiger partial charge in [0.2, 0.25) is 5.91 Å². The number of quaternary nitrogens is 1. The number of carbonyl (C=O) groups excluding carboxylic acids is 2. The van der Waals surface area contributed by atoms with Gasteiger partial charge in [-0.05, 0) is 83.1 Å². The second-order valence-corrected chi connectivity index (χ2v) is 24.8. The van der Waals surface area contributed by atoms with E-state index in [1.807, 2.05) is 33.3 Å². The molecule has 0 fully saturated rings. The molecule has 0 aliphatic carbocycles. The summed E-state index contributed by atoms with van der Waals surface area (Å²) in [6.07, 6.45) is 69.7. The maximum absolute atomic E-state index is 13.6. The lowest BCUT2D eigenvalue weighted by molar-refractivity contribution is -0.870. The Morgan fingerprint density at radius 1 is 0.461 bits per heavy atom. The van der Waals surface area contributed by atoms with Crippen LogP contribution in [0.25, 0.3) is 0 Å². The van der Waals surface area contributed by atoms with Crippen LogP contribution in [0.3, 0.4) is 0 Å². The highest BCUT2D eigenvalue weighted by molar-refractivity contribution is 7.47. The number of hydrogen-bond acceptors (Lipinski definition) is 6. The molecule has 0 radical (unpaired) electrons. The molecule has 446 valence electrons. The topological polar surface area (TPSA) is 111 Å². The van der Waals surface area contributed by atoms with Crippen molar-refractivity contribution in [3.63, 3.8) is 0 Å². The zero-order chi connectivity index (χ0) is 55.7. The van der Waals surface area contributed by atoms with E-state index in [2.05, 4.69) is 62.5 Å². The summed E-state index contributed by atoms with van der Waals surface area (Å²) in [7, 11) is 1.50. The highest BCUT2D eigenvalue weighted by atomic mass is 31.2. The molecule has 1 amide bonds. The van der Waals surface area contributed by atoms with Gasteiger partial charge in [0, 0.05) is 12.8 Å². The summed E-state index contributed by atoms with van der Waals surface area (Å²) in [5.41, 5.74) is 0. The van der Waals surface area contributed by atoms with E-state index in [-0.39, 0.29) is 31.5 Å². The van der Waals surface area contributed by atoms with Gasteiger partial charge < -0.3 is 19.4 Å². The Morgan fingerprint density at radius 3 is 1.22 bits per heavy atom. The fraction of sp³-hybridized carbons (Fsp3) is 0.848. The number of amides is 1. The molecule has 9 nitrogen and oxygen atoms in total. The molecule has 10 heteroatoms. The minimum absolute atomic E-state index is 0.0389. The van der Waals surface area contributed by atoms with Crippen LogP contribution in [0.4, 0.5) is 0 Å². The average Bonchev–Trinajstić information content (AvgIpc) is 3.38. The molecule has 0 saturated heterocycles. The standard InChI is InChI=1S/C66H125N2O7P/c1-7-10-13-16-19-22-25-28-30-31-32-33-34-35-36-37-39-40-43-46-49-52-55-58-65(69)67-63(62-74-76(71,72)73-61-60-68(4,5)6)64(57-54-51-48-45-42-27-24-21-18-15-12-9-3)75-66(70)59-56-53-50-47-44-41-38-29-26-23-20-17-14-11-8-2/h20,23,26,28-30,54,57,63-64H,7-19,21-22,24-25,27,31-53,55-56,58-62H2,1-6H3,(H-,67,69,71,72)/p+1/b23-20+,29-26+,30-28+,57-54-. The third-order valence-electron chi connectivity index (χ3n) is 14.5. The van der Waals surface area contributed by atoms with Crippen LogP contribution in [0.1, 0.15) is 310 Å². The number of allylic oxidation sites excluding steroid dienone is 7. The average molecular weight is 1090 g/mol. The van der Waals surface area contributed by atoms with Gasteiger partial charge in [0.15, 0.2) is 0 Å². The molecule has 0 aromatic rings. The number of esters is 1. The number of nitrogens with one attached hydrogen (secondary N) is 1. The van der Waals surface area contributed by atoms with E-state index in [4.69, 9.17) is 13.8 Å². The number of rotatable bonds is 59. The van der Waals surface area contributed by atoms with Crippen molar-refractivity contribution >= 4 is 19.7 Å². The Kier molecular flexibility index (Phi) is 54.7. The van der Waals surface area contributed by atoms with Crippen LogP contribution in [0.2, 0.25) is 0 Å². The summed E-state index contributed by atoms with van der Waals surface area (Å²) in [5.74, 6) is -0.509. The molecule has 0 bridgehead atoms. The Bertz CT molecular complexity index is 1440. The van der Waals surface area contributed by atoms with E-state index in [1.165, 1.54) is 199 Å². The van der Waals surface area contributed by atoms with Gasteiger partial charge in [-0.3, -0.25) is 18.6 Å². The molecule has 0 spiro atoms. The van der Waals surface area contributed by atoms with Crippen molar-refractivity contribution in [1.82, 2.24) is 5.32 Å². The lowest BCUT2D eigenvalue weighted by Crippen LogP contribution is -2.47. The second-order valence-electron chi connectivity index (χ2n) is 23.3. The molecule has 0 aromatic carbocycles. The van der Waals surface area contributed by atoms with Gasteiger partial charge in [-0.2, -0.15) is 0 Å². The number of likely N-dealkylation sites (N-methyl/N-ethyl adjacent to an activating group) is 1. The van der Waals surface area contributed by atoms with Crippen molar-refractivity contribution in [2.45, 2.75) is 322 Å². The van der Waals surface area contributed by atoms with Crippen molar-refractivity contribution in [2.24, 2.45) is 0 Å². The van der Waals surface area contributed by atoms with Gasteiger partial charge >= 0.3 is 13.8 Å². The summed E-state index contributed by atoms with van der Waals surface area (Å²) < 4.78 is 30.7. The number of phosphoric acid groups is 1. The van der Waals surface area contributed by atoms with Crippen LogP contribution in [0, 0.1) is 0 Å². The molecular formula is C66H126N2O7P+. The number of unbranched alkanes of at least 4 members (excludes halogenated alkanes) is 38.